The molecule has 0 aliphatic carbocycles. The molecule has 0 saturated carbocycles. The van der Waals surface area contributed by atoms with Crippen LogP contribution in [0, 0.1) is 0 Å². The normalized spacial score (nSPS) is 13.3. The molecule has 1 aliphatic rings. The van der Waals surface area contributed by atoms with Crippen molar-refractivity contribution in [3.63, 3.8) is 0 Å². The molecule has 0 spiro atoms. The number of aromatic nitrogens is 2. The predicted octanol–water partition coefficient (Wildman–Crippen LogP) is 1.91. The first kappa shape index (κ1) is 11.8. The number of para-hydroxylation sites is 1. The van der Waals surface area contributed by atoms with E-state index in [0.717, 1.165) is 0 Å². The Bertz CT molecular complexity index is 619. The van der Waals surface area contributed by atoms with E-state index in [1.165, 1.54) is 0 Å². The summed E-state index contributed by atoms with van der Waals surface area (Å²) in [6.45, 7) is 3.58. The average Bonchev–Trinajstić information content (AvgIpc) is 2.94. The van der Waals surface area contributed by atoms with Gasteiger partial charge in [0.15, 0.2) is 11.5 Å². The molecule has 1 aromatic heterocycles. The number of nitrogens with zero attached hydrogens (tertiary/aromatic N) is 2. The number of aryl methyl sites for hydroxylation is 1. The van der Waals surface area contributed by atoms with Crippen molar-refractivity contribution in [1.82, 2.24) is 9.78 Å². The fourth-order valence-corrected chi connectivity index (χ4v) is 2.17. The predicted molar refractivity (Wildman–Crippen MR) is 68.8 cm³/mol. The van der Waals surface area contributed by atoms with E-state index >= 15 is 0 Å². The Labute approximate surface area is 110 Å². The molecule has 1 aromatic carbocycles. The molecule has 0 radical (unpaired) electrons. The van der Waals surface area contributed by atoms with Crippen molar-refractivity contribution in [3.05, 3.63) is 41.7 Å². The zero-order valence-corrected chi connectivity index (χ0v) is 10.6. The zero-order valence-electron chi connectivity index (χ0n) is 10.6. The van der Waals surface area contributed by atoms with Crippen LogP contribution in [0.3, 0.4) is 0 Å². The number of fused-ring (bicyclic) bond motifs is 1. The summed E-state index contributed by atoms with van der Waals surface area (Å²) < 4.78 is 12.7. The Morgan fingerprint density at radius 3 is 3.00 bits per heavy atom. The monoisotopic (exact) mass is 258 g/mol. The van der Waals surface area contributed by atoms with Gasteiger partial charge < -0.3 is 9.47 Å². The molecule has 2 heterocycles. The van der Waals surface area contributed by atoms with E-state index in [0.29, 0.717) is 42.5 Å². The number of hydrogen-bond donors (Lipinski definition) is 0. The lowest BCUT2D eigenvalue weighted by Crippen LogP contribution is -2.19. The molecule has 0 unspecified atom stereocenters. The van der Waals surface area contributed by atoms with E-state index in [1.807, 2.05) is 13.0 Å². The minimum absolute atomic E-state index is 0.0956. The van der Waals surface area contributed by atoms with Crippen LogP contribution in [0.15, 0.2) is 30.5 Å². The molecule has 0 bridgehead atoms. The zero-order chi connectivity index (χ0) is 13.2. The third-order valence-electron chi connectivity index (χ3n) is 3.06. The van der Waals surface area contributed by atoms with E-state index in [-0.39, 0.29) is 5.78 Å². The summed E-state index contributed by atoms with van der Waals surface area (Å²) in [6, 6.07) is 7.08. The smallest absolute Gasteiger partial charge is 0.214 e. The summed E-state index contributed by atoms with van der Waals surface area (Å²) in [5.74, 6) is 1.06. The minimum atomic E-state index is -0.0956. The third kappa shape index (κ3) is 1.97. The topological polar surface area (TPSA) is 53.4 Å². The van der Waals surface area contributed by atoms with E-state index in [2.05, 4.69) is 5.10 Å². The summed E-state index contributed by atoms with van der Waals surface area (Å²) in [5.41, 5.74) is 1.08. The van der Waals surface area contributed by atoms with E-state index in [4.69, 9.17) is 9.47 Å². The quantitative estimate of drug-likeness (QED) is 0.789. The van der Waals surface area contributed by atoms with Gasteiger partial charge in [0.1, 0.15) is 18.9 Å². The van der Waals surface area contributed by atoms with Gasteiger partial charge in [0.25, 0.3) is 0 Å². The highest BCUT2D eigenvalue weighted by atomic mass is 16.6. The minimum Gasteiger partial charge on any atom is -0.486 e. The third-order valence-corrected chi connectivity index (χ3v) is 3.06. The van der Waals surface area contributed by atoms with Crippen molar-refractivity contribution in [2.75, 3.05) is 13.2 Å². The second kappa shape index (κ2) is 4.76. The molecule has 0 saturated heterocycles. The average molecular weight is 258 g/mol. The van der Waals surface area contributed by atoms with Crippen LogP contribution in [0.5, 0.6) is 11.5 Å². The molecule has 0 N–H and O–H groups in total. The maximum absolute atomic E-state index is 12.6. The fourth-order valence-electron chi connectivity index (χ4n) is 2.17. The van der Waals surface area contributed by atoms with Crippen LogP contribution in [-0.2, 0) is 6.54 Å². The largest absolute Gasteiger partial charge is 0.486 e. The highest BCUT2D eigenvalue weighted by Crippen LogP contribution is 2.34. The molecule has 5 heteroatoms. The second-order valence-corrected chi connectivity index (χ2v) is 4.19. The van der Waals surface area contributed by atoms with Crippen molar-refractivity contribution in [2.24, 2.45) is 0 Å². The first-order chi connectivity index (χ1) is 9.31. The Morgan fingerprint density at radius 2 is 2.16 bits per heavy atom. The van der Waals surface area contributed by atoms with Crippen LogP contribution in [0.1, 0.15) is 23.0 Å². The first-order valence-corrected chi connectivity index (χ1v) is 6.26. The Balaban J connectivity index is 2.05. The Hall–Kier alpha value is -2.30. The van der Waals surface area contributed by atoms with Gasteiger partial charge in [0.2, 0.25) is 5.78 Å². The lowest BCUT2D eigenvalue weighted by Gasteiger charge is -2.20. The van der Waals surface area contributed by atoms with Crippen molar-refractivity contribution >= 4 is 5.78 Å². The van der Waals surface area contributed by atoms with E-state index in [9.17, 15) is 4.79 Å². The standard InChI is InChI=1S/C14H14N2O3/c1-2-16-11(6-7-15-16)13(17)10-4-3-5-12-14(10)19-9-8-18-12/h3-7H,2,8-9H2,1H3. The first-order valence-electron chi connectivity index (χ1n) is 6.26. The molecule has 0 atom stereocenters. The number of ketones is 1. The highest BCUT2D eigenvalue weighted by Gasteiger charge is 2.23. The van der Waals surface area contributed by atoms with Gasteiger partial charge in [-0.25, -0.2) is 0 Å². The summed E-state index contributed by atoms with van der Waals surface area (Å²) in [5, 5.41) is 4.12. The van der Waals surface area contributed by atoms with Gasteiger partial charge in [-0.3, -0.25) is 9.48 Å². The molecule has 2 aromatic rings. The molecule has 5 nitrogen and oxygen atoms in total. The fraction of sp³-hybridized carbons (Fsp3) is 0.286. The van der Waals surface area contributed by atoms with Crippen LogP contribution in [-0.4, -0.2) is 28.8 Å². The van der Waals surface area contributed by atoms with Crippen molar-refractivity contribution in [2.45, 2.75) is 13.5 Å². The molecule has 19 heavy (non-hydrogen) atoms. The lowest BCUT2D eigenvalue weighted by molar-refractivity contribution is 0.101. The molecule has 1 aliphatic heterocycles. The van der Waals surface area contributed by atoms with Gasteiger partial charge in [-0.1, -0.05) is 6.07 Å². The number of rotatable bonds is 3. The van der Waals surface area contributed by atoms with Crippen molar-refractivity contribution < 1.29 is 14.3 Å². The van der Waals surface area contributed by atoms with Crippen LogP contribution in [0.25, 0.3) is 0 Å². The van der Waals surface area contributed by atoms with Gasteiger partial charge in [0, 0.05) is 12.7 Å². The number of ether oxygens (including phenoxy) is 2. The van der Waals surface area contributed by atoms with Gasteiger partial charge >= 0.3 is 0 Å². The summed E-state index contributed by atoms with van der Waals surface area (Å²) in [6.07, 6.45) is 1.63. The second-order valence-electron chi connectivity index (χ2n) is 4.19. The number of hydrogen-bond acceptors (Lipinski definition) is 4. The van der Waals surface area contributed by atoms with Gasteiger partial charge in [-0.15, -0.1) is 0 Å². The van der Waals surface area contributed by atoms with Crippen LogP contribution >= 0.6 is 0 Å². The van der Waals surface area contributed by atoms with Gasteiger partial charge in [-0.2, -0.15) is 5.10 Å². The number of carbonyl (C=O) groups excluding carboxylic acids is 1. The molecule has 0 amide bonds. The van der Waals surface area contributed by atoms with Crippen LogP contribution in [0.2, 0.25) is 0 Å². The Kier molecular flexibility index (Phi) is 2.95. The van der Waals surface area contributed by atoms with Gasteiger partial charge in [-0.05, 0) is 25.1 Å². The molecular weight excluding hydrogens is 244 g/mol. The molecule has 0 fully saturated rings. The number of carbonyl (C=O) groups is 1. The summed E-state index contributed by atoms with van der Waals surface area (Å²) in [7, 11) is 0. The van der Waals surface area contributed by atoms with Crippen molar-refractivity contribution in [1.29, 1.82) is 0 Å². The maximum atomic E-state index is 12.6. The number of benzene rings is 1. The Morgan fingerprint density at radius 1 is 1.32 bits per heavy atom. The SMILES string of the molecule is CCn1nccc1C(=O)c1cccc2c1OCCO2. The van der Waals surface area contributed by atoms with E-state index < -0.39 is 0 Å². The lowest BCUT2D eigenvalue weighted by atomic mass is 10.1. The van der Waals surface area contributed by atoms with Crippen LogP contribution in [0.4, 0.5) is 0 Å². The summed E-state index contributed by atoms with van der Waals surface area (Å²) >= 11 is 0. The highest BCUT2D eigenvalue weighted by molar-refractivity contribution is 6.10. The van der Waals surface area contributed by atoms with Gasteiger partial charge in [0.05, 0.1) is 5.56 Å². The van der Waals surface area contributed by atoms with E-state index in [1.54, 1.807) is 29.1 Å². The van der Waals surface area contributed by atoms with Crippen LogP contribution < -0.4 is 9.47 Å². The van der Waals surface area contributed by atoms with Crippen molar-refractivity contribution in [3.8, 4) is 11.5 Å². The summed E-state index contributed by atoms with van der Waals surface area (Å²) in [4.78, 5) is 12.6. The molecule has 98 valence electrons. The molecule has 3 rings (SSSR count). The maximum Gasteiger partial charge on any atom is 0.214 e. The molecular formula is C14H14N2O3.